The van der Waals surface area contributed by atoms with E-state index in [4.69, 9.17) is 9.47 Å². The third kappa shape index (κ3) is 6.22. The third-order valence-electron chi connectivity index (χ3n) is 17.3. The molecule has 6 aliphatic rings. The lowest BCUT2D eigenvalue weighted by Gasteiger charge is -2.72. The maximum absolute atomic E-state index is 15.2. The zero-order chi connectivity index (χ0) is 39.1. The first-order chi connectivity index (χ1) is 25.4. The first-order valence-corrected chi connectivity index (χ1v) is 22.6. The SMILES string of the molecule is COC(=O)c1ccc(C2=CC[C@]3(C)[C@H]4CC[C@@H]5[C@H]6[C@H](C(C)C(=O)OC)CC[C@]6(NCCN6CCS(O)(O)CC6)CC[C@@]5(C)[C@]4(C)CC[C@H]3C2(C)C)cc1F. The molecule has 0 bridgehead atoms. The molecule has 0 amide bonds. The van der Waals surface area contributed by atoms with E-state index < -0.39 is 22.4 Å². The van der Waals surface area contributed by atoms with Crippen molar-refractivity contribution in [3.05, 3.63) is 41.2 Å². The summed E-state index contributed by atoms with van der Waals surface area (Å²) in [5.41, 5.74) is 2.19. The van der Waals surface area contributed by atoms with Crippen molar-refractivity contribution >= 4 is 28.1 Å². The van der Waals surface area contributed by atoms with Crippen molar-refractivity contribution in [1.29, 1.82) is 0 Å². The van der Waals surface area contributed by atoms with Crippen LogP contribution in [0.3, 0.4) is 0 Å². The number of halogens is 1. The normalized spacial score (nSPS) is 40.9. The van der Waals surface area contributed by atoms with Crippen LogP contribution in [-0.2, 0) is 14.3 Å². The van der Waals surface area contributed by atoms with Gasteiger partial charge in [0.05, 0.1) is 37.2 Å². The van der Waals surface area contributed by atoms with Crippen LogP contribution in [0.1, 0.15) is 115 Å². The summed E-state index contributed by atoms with van der Waals surface area (Å²) in [6, 6.07) is 4.99. The number of esters is 2. The topological polar surface area (TPSA) is 108 Å². The van der Waals surface area contributed by atoms with Crippen LogP contribution >= 0.6 is 10.6 Å². The molecule has 10 heteroatoms. The number of carbonyl (C=O) groups is 2. The van der Waals surface area contributed by atoms with Crippen LogP contribution in [0.5, 0.6) is 0 Å². The van der Waals surface area contributed by atoms with Crippen LogP contribution in [0, 0.1) is 63.0 Å². The zero-order valence-electron chi connectivity index (χ0n) is 34.1. The van der Waals surface area contributed by atoms with Crippen molar-refractivity contribution in [1.82, 2.24) is 10.2 Å². The second kappa shape index (κ2) is 14.1. The van der Waals surface area contributed by atoms with E-state index >= 15 is 4.39 Å². The van der Waals surface area contributed by atoms with Crippen LogP contribution in [0.25, 0.3) is 5.57 Å². The number of fused-ring (bicyclic) bond motifs is 7. The Morgan fingerprint density at radius 1 is 0.944 bits per heavy atom. The predicted molar refractivity (Wildman–Crippen MR) is 214 cm³/mol. The molecule has 5 aliphatic carbocycles. The van der Waals surface area contributed by atoms with Gasteiger partial charge in [0.2, 0.25) is 0 Å². The van der Waals surface area contributed by atoms with Gasteiger partial charge in [0.1, 0.15) is 5.82 Å². The van der Waals surface area contributed by atoms with Gasteiger partial charge in [0.25, 0.3) is 0 Å². The van der Waals surface area contributed by atoms with Gasteiger partial charge in [0.15, 0.2) is 0 Å². The Hall–Kier alpha value is -1.98. The molecule has 302 valence electrons. The highest BCUT2D eigenvalue weighted by Gasteiger charge is 2.70. The largest absolute Gasteiger partial charge is 0.469 e. The fourth-order valence-corrected chi connectivity index (χ4v) is 15.7. The highest BCUT2D eigenvalue weighted by molar-refractivity contribution is 8.24. The standard InChI is InChI=1S/C44H67FN2O6S/c1-28(38(48)52-7)30-13-18-44(46-21-22-47-23-25-54(50,51)26-24-47)20-19-42(5)33(37(30)44)11-12-36-41(4)16-14-32(40(2,3)35(41)15-17-43(36,42)6)29-9-10-31(34(45)27-29)39(49)53-8/h9-10,14,27-28,30,33,35-37,46,50-51H,11-13,15-26H2,1-8H3/t28?,30-,33+,35-,36+,37+,41-,42+,43+,44-/m0/s1. The molecule has 0 spiro atoms. The van der Waals surface area contributed by atoms with Gasteiger partial charge in [-0.3, -0.25) is 18.8 Å². The van der Waals surface area contributed by atoms with Crippen molar-refractivity contribution in [2.45, 2.75) is 105 Å². The van der Waals surface area contributed by atoms with E-state index in [0.717, 1.165) is 70.3 Å². The summed E-state index contributed by atoms with van der Waals surface area (Å²) in [6.45, 7) is 17.9. The minimum absolute atomic E-state index is 0.0106. The van der Waals surface area contributed by atoms with Gasteiger partial charge < -0.3 is 14.8 Å². The number of nitrogens with one attached hydrogen (secondary N) is 1. The molecular weight excluding hydrogens is 704 g/mol. The fourth-order valence-electron chi connectivity index (χ4n) is 14.4. The number of allylic oxidation sites excluding steroid dienone is 2. The second-order valence-electron chi connectivity index (χ2n) is 19.6. The van der Waals surface area contributed by atoms with E-state index in [1.165, 1.54) is 45.1 Å². The molecule has 10 atom stereocenters. The monoisotopic (exact) mass is 770 g/mol. The number of ether oxygens (including phenoxy) is 2. The molecule has 4 saturated carbocycles. The number of carbonyl (C=O) groups excluding carboxylic acids is 2. The lowest BCUT2D eigenvalue weighted by atomic mass is 9.33. The molecule has 0 aromatic heterocycles. The quantitative estimate of drug-likeness (QED) is 0.225. The molecule has 1 aromatic carbocycles. The lowest BCUT2D eigenvalue weighted by Crippen LogP contribution is -2.68. The molecule has 1 unspecified atom stereocenters. The van der Waals surface area contributed by atoms with Gasteiger partial charge >= 0.3 is 11.9 Å². The molecule has 1 aliphatic heterocycles. The lowest BCUT2D eigenvalue weighted by molar-refractivity contribution is -0.222. The average Bonchev–Trinajstić information content (AvgIpc) is 3.51. The van der Waals surface area contributed by atoms with Crippen molar-refractivity contribution in [3.8, 4) is 0 Å². The van der Waals surface area contributed by atoms with Crippen LogP contribution in [-0.4, -0.2) is 83.4 Å². The van der Waals surface area contributed by atoms with Crippen LogP contribution in [0.15, 0.2) is 24.3 Å². The van der Waals surface area contributed by atoms with Gasteiger partial charge in [-0.25, -0.2) is 9.18 Å². The van der Waals surface area contributed by atoms with Gasteiger partial charge in [-0.1, -0.05) is 53.7 Å². The summed E-state index contributed by atoms with van der Waals surface area (Å²) in [5, 5.41) is 4.17. The second-order valence-corrected chi connectivity index (χ2v) is 22.0. The van der Waals surface area contributed by atoms with E-state index in [-0.39, 0.29) is 50.6 Å². The molecule has 1 saturated heterocycles. The number of methoxy groups -OCH3 is 2. The predicted octanol–water partition coefficient (Wildman–Crippen LogP) is 8.90. The smallest absolute Gasteiger partial charge is 0.340 e. The van der Waals surface area contributed by atoms with Crippen molar-refractivity contribution in [2.24, 2.45) is 57.2 Å². The minimum atomic E-state index is -2.42. The summed E-state index contributed by atoms with van der Waals surface area (Å²) in [4.78, 5) is 27.7. The Labute approximate surface area is 325 Å². The van der Waals surface area contributed by atoms with Gasteiger partial charge in [-0.05, 0) is 132 Å². The molecule has 54 heavy (non-hydrogen) atoms. The first kappa shape index (κ1) is 40.2. The number of rotatable bonds is 8. The minimum Gasteiger partial charge on any atom is -0.469 e. The molecule has 8 nitrogen and oxygen atoms in total. The summed E-state index contributed by atoms with van der Waals surface area (Å²) < 4.78 is 45.8. The molecular formula is C44H67FN2O6S. The van der Waals surface area contributed by atoms with E-state index in [0.29, 0.717) is 35.2 Å². The van der Waals surface area contributed by atoms with Crippen LogP contribution in [0.4, 0.5) is 4.39 Å². The van der Waals surface area contributed by atoms with Crippen molar-refractivity contribution < 1.29 is 32.6 Å². The van der Waals surface area contributed by atoms with Crippen LogP contribution < -0.4 is 5.32 Å². The summed E-state index contributed by atoms with van der Waals surface area (Å²) >= 11 is 0. The number of hydrogen-bond donors (Lipinski definition) is 3. The van der Waals surface area contributed by atoms with Gasteiger partial charge in [0, 0.05) is 31.7 Å². The van der Waals surface area contributed by atoms with Gasteiger partial charge in [-0.2, -0.15) is 10.6 Å². The Morgan fingerprint density at radius 2 is 1.67 bits per heavy atom. The van der Waals surface area contributed by atoms with E-state index in [9.17, 15) is 18.7 Å². The van der Waals surface area contributed by atoms with Crippen molar-refractivity contribution in [3.63, 3.8) is 0 Å². The maximum Gasteiger partial charge on any atom is 0.340 e. The molecule has 0 radical (unpaired) electrons. The first-order valence-electron chi connectivity index (χ1n) is 20.8. The third-order valence-corrected chi connectivity index (χ3v) is 19.0. The number of hydrogen-bond acceptors (Lipinski definition) is 8. The molecule has 1 aromatic rings. The Bertz CT molecular complexity index is 1660. The number of benzene rings is 1. The van der Waals surface area contributed by atoms with Gasteiger partial charge in [-0.15, -0.1) is 0 Å². The summed E-state index contributed by atoms with van der Waals surface area (Å²) in [5.74, 6) is 1.66. The highest BCUT2D eigenvalue weighted by Crippen LogP contribution is 2.76. The zero-order valence-corrected chi connectivity index (χ0v) is 35.0. The maximum atomic E-state index is 15.2. The fraction of sp³-hybridized carbons (Fsp3) is 0.773. The van der Waals surface area contributed by atoms with E-state index in [1.807, 2.05) is 6.07 Å². The Balaban J connectivity index is 1.17. The Morgan fingerprint density at radius 3 is 2.33 bits per heavy atom. The van der Waals surface area contributed by atoms with Crippen LogP contribution in [0.2, 0.25) is 0 Å². The van der Waals surface area contributed by atoms with E-state index in [2.05, 4.69) is 57.8 Å². The average molecular weight is 771 g/mol. The number of nitrogens with zero attached hydrogens (tertiary/aromatic N) is 1. The highest BCUT2D eigenvalue weighted by atomic mass is 32.3. The molecule has 1 heterocycles. The van der Waals surface area contributed by atoms with E-state index in [1.54, 1.807) is 6.07 Å². The van der Waals surface area contributed by atoms with Crippen molar-refractivity contribution in [2.75, 3.05) is 51.9 Å². The summed E-state index contributed by atoms with van der Waals surface area (Å²) in [6.07, 6.45) is 12.4. The Kier molecular flexibility index (Phi) is 10.5. The molecule has 7 rings (SSSR count). The molecule has 3 N–H and O–H groups in total. The molecule has 5 fully saturated rings. The summed E-state index contributed by atoms with van der Waals surface area (Å²) in [7, 11) is 0.394.